The Labute approximate surface area is 123 Å². The molecular weight excluding hydrogens is 270 g/mol. The molecule has 2 aromatic rings. The van der Waals surface area contributed by atoms with Crippen molar-refractivity contribution >= 4 is 34.6 Å². The van der Waals surface area contributed by atoms with E-state index >= 15 is 0 Å². The summed E-state index contributed by atoms with van der Waals surface area (Å²) in [6, 6.07) is 14.4. The van der Waals surface area contributed by atoms with Crippen molar-refractivity contribution in [3.05, 3.63) is 59.7 Å². The zero-order valence-corrected chi connectivity index (χ0v) is 11.8. The van der Waals surface area contributed by atoms with Gasteiger partial charge in [-0.3, -0.25) is 10.1 Å². The summed E-state index contributed by atoms with van der Waals surface area (Å²) in [5, 5.41) is 5.80. The lowest BCUT2D eigenvalue weighted by atomic mass is 10.1. The number of carbonyl (C=O) groups excluding carboxylic acids is 1. The van der Waals surface area contributed by atoms with Gasteiger partial charge in [0, 0.05) is 16.9 Å². The van der Waals surface area contributed by atoms with Crippen LogP contribution >= 0.6 is 12.2 Å². The fourth-order valence-corrected chi connectivity index (χ4v) is 1.82. The summed E-state index contributed by atoms with van der Waals surface area (Å²) in [5.41, 5.74) is 8.71. The van der Waals surface area contributed by atoms with Crippen LogP contribution in [0.25, 0.3) is 0 Å². The molecule has 2 aromatic carbocycles. The van der Waals surface area contributed by atoms with Gasteiger partial charge in [0.05, 0.1) is 0 Å². The molecule has 0 heterocycles. The Balaban J connectivity index is 1.95. The molecule has 0 spiro atoms. The van der Waals surface area contributed by atoms with Gasteiger partial charge in [-0.25, -0.2) is 0 Å². The number of hydrogen-bond acceptors (Lipinski definition) is 3. The van der Waals surface area contributed by atoms with Crippen LogP contribution in [0.3, 0.4) is 0 Å². The molecule has 4 nitrogen and oxygen atoms in total. The van der Waals surface area contributed by atoms with E-state index in [0.29, 0.717) is 11.3 Å². The molecular formula is C15H15N3OS. The van der Waals surface area contributed by atoms with Crippen LogP contribution in [-0.2, 0) is 0 Å². The van der Waals surface area contributed by atoms with Gasteiger partial charge in [-0.05, 0) is 55.5 Å². The van der Waals surface area contributed by atoms with Crippen LogP contribution in [0, 0.1) is 6.92 Å². The lowest BCUT2D eigenvalue weighted by Gasteiger charge is -2.09. The Kier molecular flexibility index (Phi) is 4.32. The molecule has 0 bridgehead atoms. The number of aryl methyl sites for hydroxylation is 1. The highest BCUT2D eigenvalue weighted by Gasteiger charge is 2.07. The molecule has 5 heteroatoms. The van der Waals surface area contributed by atoms with Gasteiger partial charge in [0.2, 0.25) is 0 Å². The zero-order chi connectivity index (χ0) is 14.5. The van der Waals surface area contributed by atoms with E-state index in [4.69, 9.17) is 18.0 Å². The third-order valence-electron chi connectivity index (χ3n) is 2.71. The number of thiocarbonyl (C=S) groups is 1. The lowest BCUT2D eigenvalue weighted by Crippen LogP contribution is -2.34. The van der Waals surface area contributed by atoms with E-state index in [2.05, 4.69) is 10.6 Å². The van der Waals surface area contributed by atoms with Gasteiger partial charge < -0.3 is 11.1 Å². The topological polar surface area (TPSA) is 67.2 Å². The van der Waals surface area contributed by atoms with Crippen LogP contribution in [0.4, 0.5) is 11.4 Å². The molecule has 0 saturated heterocycles. The molecule has 0 atom stereocenters. The van der Waals surface area contributed by atoms with Crippen LogP contribution in [0.5, 0.6) is 0 Å². The van der Waals surface area contributed by atoms with Crippen LogP contribution in [0.2, 0.25) is 0 Å². The Bertz CT molecular complexity index is 621. The fraction of sp³-hybridized carbons (Fsp3) is 0.0667. The van der Waals surface area contributed by atoms with Crippen LogP contribution in [0.15, 0.2) is 48.5 Å². The van der Waals surface area contributed by atoms with Gasteiger partial charge in [-0.1, -0.05) is 17.7 Å². The van der Waals surface area contributed by atoms with E-state index in [1.165, 1.54) is 0 Å². The number of nitrogens with one attached hydrogen (secondary N) is 2. The van der Waals surface area contributed by atoms with Crippen molar-refractivity contribution in [1.82, 2.24) is 5.32 Å². The van der Waals surface area contributed by atoms with Gasteiger partial charge in [0.15, 0.2) is 5.11 Å². The number of benzene rings is 2. The third kappa shape index (κ3) is 3.80. The fourth-order valence-electron chi connectivity index (χ4n) is 1.61. The minimum atomic E-state index is -0.238. The van der Waals surface area contributed by atoms with E-state index in [1.807, 2.05) is 19.1 Å². The van der Waals surface area contributed by atoms with Crippen LogP contribution < -0.4 is 16.4 Å². The summed E-state index contributed by atoms with van der Waals surface area (Å²) >= 11 is 5.10. The van der Waals surface area contributed by atoms with Crippen molar-refractivity contribution in [2.45, 2.75) is 6.92 Å². The molecule has 0 aliphatic heterocycles. The molecule has 0 saturated carbocycles. The van der Waals surface area contributed by atoms with Gasteiger partial charge >= 0.3 is 0 Å². The summed E-state index contributed by atoms with van der Waals surface area (Å²) in [4.78, 5) is 12.0. The smallest absolute Gasteiger partial charge is 0.257 e. The predicted octanol–water partition coefficient (Wildman–Crippen LogP) is 2.70. The van der Waals surface area contributed by atoms with Crippen LogP contribution in [-0.4, -0.2) is 11.0 Å². The van der Waals surface area contributed by atoms with Crippen LogP contribution in [0.1, 0.15) is 15.9 Å². The number of nitrogens with two attached hydrogens (primary N) is 1. The first-order valence-electron chi connectivity index (χ1n) is 6.09. The Morgan fingerprint density at radius 1 is 1.05 bits per heavy atom. The summed E-state index contributed by atoms with van der Waals surface area (Å²) in [5.74, 6) is -0.238. The molecule has 1 amide bonds. The average molecular weight is 285 g/mol. The monoisotopic (exact) mass is 285 g/mol. The highest BCUT2D eigenvalue weighted by atomic mass is 32.1. The van der Waals surface area contributed by atoms with E-state index in [0.717, 1.165) is 11.3 Å². The van der Waals surface area contributed by atoms with E-state index in [-0.39, 0.29) is 11.0 Å². The molecule has 0 fully saturated rings. The minimum absolute atomic E-state index is 0.238. The summed E-state index contributed by atoms with van der Waals surface area (Å²) < 4.78 is 0. The number of nitrogen functional groups attached to an aromatic ring is 1. The van der Waals surface area contributed by atoms with Crippen molar-refractivity contribution in [3.63, 3.8) is 0 Å². The molecule has 0 unspecified atom stereocenters. The van der Waals surface area contributed by atoms with Crippen molar-refractivity contribution in [2.75, 3.05) is 11.1 Å². The first kappa shape index (κ1) is 14.0. The minimum Gasteiger partial charge on any atom is -0.399 e. The quantitative estimate of drug-likeness (QED) is 0.586. The number of rotatable bonds is 2. The number of carbonyl (C=O) groups is 1. The van der Waals surface area contributed by atoms with Gasteiger partial charge in [-0.15, -0.1) is 0 Å². The molecule has 20 heavy (non-hydrogen) atoms. The molecule has 2 rings (SSSR count). The number of hydrogen-bond donors (Lipinski definition) is 3. The molecule has 102 valence electrons. The van der Waals surface area contributed by atoms with Crippen molar-refractivity contribution < 1.29 is 4.79 Å². The highest BCUT2D eigenvalue weighted by molar-refractivity contribution is 7.80. The molecule has 0 aliphatic carbocycles. The first-order chi connectivity index (χ1) is 9.54. The standard InChI is InChI=1S/C15H15N3OS/c1-10-2-4-11(5-3-10)14(19)18-15(20)17-13-8-6-12(16)7-9-13/h2-9H,16H2,1H3,(H2,17,18,19,20). The maximum absolute atomic E-state index is 12.0. The van der Waals surface area contributed by atoms with E-state index in [1.54, 1.807) is 36.4 Å². The zero-order valence-electron chi connectivity index (χ0n) is 11.0. The Morgan fingerprint density at radius 3 is 2.25 bits per heavy atom. The lowest BCUT2D eigenvalue weighted by molar-refractivity contribution is 0.0978. The van der Waals surface area contributed by atoms with Crippen molar-refractivity contribution in [1.29, 1.82) is 0 Å². The summed E-state index contributed by atoms with van der Waals surface area (Å²) in [7, 11) is 0. The van der Waals surface area contributed by atoms with E-state index in [9.17, 15) is 4.79 Å². The van der Waals surface area contributed by atoms with E-state index < -0.39 is 0 Å². The molecule has 0 aliphatic rings. The number of amides is 1. The predicted molar refractivity (Wildman–Crippen MR) is 85.7 cm³/mol. The van der Waals surface area contributed by atoms with Gasteiger partial charge in [0.1, 0.15) is 0 Å². The van der Waals surface area contributed by atoms with Crippen molar-refractivity contribution in [3.8, 4) is 0 Å². The summed E-state index contributed by atoms with van der Waals surface area (Å²) in [6.45, 7) is 1.97. The normalized spacial score (nSPS) is 9.85. The maximum Gasteiger partial charge on any atom is 0.257 e. The highest BCUT2D eigenvalue weighted by Crippen LogP contribution is 2.10. The van der Waals surface area contributed by atoms with Crippen molar-refractivity contribution in [2.24, 2.45) is 0 Å². The molecule has 4 N–H and O–H groups in total. The maximum atomic E-state index is 12.0. The largest absolute Gasteiger partial charge is 0.399 e. The Morgan fingerprint density at radius 2 is 1.65 bits per heavy atom. The SMILES string of the molecule is Cc1ccc(C(=O)NC(=S)Nc2ccc(N)cc2)cc1. The van der Waals surface area contributed by atoms with Gasteiger partial charge in [-0.2, -0.15) is 0 Å². The van der Waals surface area contributed by atoms with Gasteiger partial charge in [0.25, 0.3) is 5.91 Å². The summed E-state index contributed by atoms with van der Waals surface area (Å²) in [6.07, 6.45) is 0. The second-order valence-electron chi connectivity index (χ2n) is 4.40. The first-order valence-corrected chi connectivity index (χ1v) is 6.50. The second-order valence-corrected chi connectivity index (χ2v) is 4.80. The molecule has 0 aromatic heterocycles. The number of anilines is 2. The molecule has 0 radical (unpaired) electrons. The second kappa shape index (κ2) is 6.16. The third-order valence-corrected chi connectivity index (χ3v) is 2.91. The Hall–Kier alpha value is -2.40. The average Bonchev–Trinajstić information content (AvgIpc) is 2.42.